The van der Waals surface area contributed by atoms with Crippen LogP contribution in [0.25, 0.3) is 0 Å². The van der Waals surface area contributed by atoms with Gasteiger partial charge in [0.05, 0.1) is 6.54 Å². The van der Waals surface area contributed by atoms with Crippen LogP contribution in [0.3, 0.4) is 0 Å². The fourth-order valence-corrected chi connectivity index (χ4v) is 2.42. The molecule has 0 aliphatic heterocycles. The SMILES string of the molecule is CCNC(=NCc1ccon1)NCCN(CC)c1cccc(C)c1.I. The largest absolute Gasteiger partial charge is 0.370 e. The van der Waals surface area contributed by atoms with Gasteiger partial charge in [-0.05, 0) is 38.5 Å². The van der Waals surface area contributed by atoms with Crippen LogP contribution in [-0.4, -0.2) is 37.3 Å². The van der Waals surface area contributed by atoms with Crippen LogP contribution < -0.4 is 15.5 Å². The van der Waals surface area contributed by atoms with Gasteiger partial charge in [-0.25, -0.2) is 4.99 Å². The third-order valence-electron chi connectivity index (χ3n) is 3.66. The predicted molar refractivity (Wildman–Crippen MR) is 114 cm³/mol. The number of aliphatic imine (C=N–C) groups is 1. The molecule has 0 bridgehead atoms. The van der Waals surface area contributed by atoms with Crippen molar-refractivity contribution in [2.24, 2.45) is 4.99 Å². The Morgan fingerprint density at radius 1 is 1.24 bits per heavy atom. The highest BCUT2D eigenvalue weighted by atomic mass is 127. The average Bonchev–Trinajstić information content (AvgIpc) is 3.10. The Morgan fingerprint density at radius 3 is 2.72 bits per heavy atom. The molecule has 0 unspecified atom stereocenters. The van der Waals surface area contributed by atoms with Crippen LogP contribution in [0.4, 0.5) is 5.69 Å². The van der Waals surface area contributed by atoms with E-state index in [1.807, 2.05) is 6.07 Å². The van der Waals surface area contributed by atoms with Crippen LogP contribution in [0, 0.1) is 6.92 Å². The molecule has 138 valence electrons. The molecule has 0 saturated carbocycles. The summed E-state index contributed by atoms with van der Waals surface area (Å²) in [5.74, 6) is 0.792. The Labute approximate surface area is 167 Å². The number of guanidine groups is 1. The van der Waals surface area contributed by atoms with E-state index in [9.17, 15) is 0 Å². The number of nitrogens with zero attached hydrogens (tertiary/aromatic N) is 3. The molecule has 2 N–H and O–H groups in total. The van der Waals surface area contributed by atoms with Crippen LogP contribution in [-0.2, 0) is 6.54 Å². The maximum atomic E-state index is 4.83. The van der Waals surface area contributed by atoms with E-state index in [0.717, 1.165) is 37.8 Å². The molecule has 6 nitrogen and oxygen atoms in total. The zero-order valence-electron chi connectivity index (χ0n) is 15.2. The summed E-state index contributed by atoms with van der Waals surface area (Å²) in [7, 11) is 0. The van der Waals surface area contributed by atoms with E-state index in [-0.39, 0.29) is 24.0 Å². The van der Waals surface area contributed by atoms with Gasteiger partial charge in [-0.3, -0.25) is 0 Å². The molecular weight excluding hydrogens is 429 g/mol. The van der Waals surface area contributed by atoms with E-state index in [1.54, 1.807) is 6.26 Å². The summed E-state index contributed by atoms with van der Waals surface area (Å²) < 4.78 is 4.83. The maximum Gasteiger partial charge on any atom is 0.191 e. The fourth-order valence-electron chi connectivity index (χ4n) is 2.42. The second-order valence-corrected chi connectivity index (χ2v) is 5.53. The molecule has 0 radical (unpaired) electrons. The summed E-state index contributed by atoms with van der Waals surface area (Å²) in [6, 6.07) is 10.4. The number of hydrogen-bond donors (Lipinski definition) is 2. The van der Waals surface area contributed by atoms with Crippen LogP contribution in [0.2, 0.25) is 0 Å². The summed E-state index contributed by atoms with van der Waals surface area (Å²) in [4.78, 5) is 6.87. The minimum absolute atomic E-state index is 0. The standard InChI is InChI=1S/C18H27N5O.HI/c1-4-19-18(21-14-16-9-12-24-22-16)20-10-11-23(5-2)17-8-6-7-15(3)13-17;/h6-9,12-13H,4-5,10-11,14H2,1-3H3,(H2,19,20,21);1H. The van der Waals surface area contributed by atoms with Crippen LogP contribution >= 0.6 is 24.0 Å². The highest BCUT2D eigenvalue weighted by Gasteiger charge is 2.05. The first-order valence-corrected chi connectivity index (χ1v) is 8.46. The summed E-state index contributed by atoms with van der Waals surface area (Å²) in [6.45, 7) is 10.4. The van der Waals surface area contributed by atoms with Crippen molar-refractivity contribution in [3.63, 3.8) is 0 Å². The van der Waals surface area contributed by atoms with Crippen molar-refractivity contribution >= 4 is 35.6 Å². The molecule has 1 heterocycles. The molecule has 0 atom stereocenters. The van der Waals surface area contributed by atoms with Gasteiger partial charge in [0.2, 0.25) is 0 Å². The molecule has 0 fully saturated rings. The molecule has 1 aromatic heterocycles. The number of halogens is 1. The molecule has 2 aromatic rings. The van der Waals surface area contributed by atoms with Gasteiger partial charge in [-0.15, -0.1) is 24.0 Å². The number of likely N-dealkylation sites (N-methyl/N-ethyl adjacent to an activating group) is 1. The third-order valence-corrected chi connectivity index (χ3v) is 3.66. The number of aromatic nitrogens is 1. The van der Waals surface area contributed by atoms with Gasteiger partial charge >= 0.3 is 0 Å². The lowest BCUT2D eigenvalue weighted by molar-refractivity contribution is 0.412. The number of hydrogen-bond acceptors (Lipinski definition) is 4. The lowest BCUT2D eigenvalue weighted by Gasteiger charge is -2.24. The zero-order chi connectivity index (χ0) is 17.2. The van der Waals surface area contributed by atoms with E-state index < -0.39 is 0 Å². The van der Waals surface area contributed by atoms with Gasteiger partial charge in [0.15, 0.2) is 5.96 Å². The number of aryl methyl sites for hydroxylation is 1. The fraction of sp³-hybridized carbons (Fsp3) is 0.444. The molecule has 0 amide bonds. The minimum atomic E-state index is 0. The monoisotopic (exact) mass is 457 g/mol. The number of anilines is 1. The Hall–Kier alpha value is -1.77. The van der Waals surface area contributed by atoms with E-state index in [2.05, 4.69) is 70.7 Å². The van der Waals surface area contributed by atoms with Crippen molar-refractivity contribution < 1.29 is 4.52 Å². The van der Waals surface area contributed by atoms with Crippen molar-refractivity contribution in [3.8, 4) is 0 Å². The molecule has 7 heteroatoms. The van der Waals surface area contributed by atoms with E-state index in [1.165, 1.54) is 11.3 Å². The first kappa shape index (κ1) is 21.3. The number of benzene rings is 1. The molecule has 0 aliphatic carbocycles. The van der Waals surface area contributed by atoms with Gasteiger partial charge in [0.25, 0.3) is 0 Å². The summed E-state index contributed by atoms with van der Waals surface area (Å²) in [6.07, 6.45) is 1.56. The number of nitrogens with one attached hydrogen (secondary N) is 2. The van der Waals surface area contributed by atoms with Crippen molar-refractivity contribution in [2.75, 3.05) is 31.1 Å². The first-order valence-electron chi connectivity index (χ1n) is 8.46. The van der Waals surface area contributed by atoms with Gasteiger partial charge < -0.3 is 20.1 Å². The second-order valence-electron chi connectivity index (χ2n) is 5.53. The van der Waals surface area contributed by atoms with E-state index in [4.69, 9.17) is 4.52 Å². The van der Waals surface area contributed by atoms with Gasteiger partial charge in [-0.1, -0.05) is 17.3 Å². The second kappa shape index (κ2) is 11.7. The first-order chi connectivity index (χ1) is 11.7. The predicted octanol–water partition coefficient (Wildman–Crippen LogP) is 3.18. The molecule has 2 rings (SSSR count). The van der Waals surface area contributed by atoms with Gasteiger partial charge in [0, 0.05) is 37.9 Å². The molecule has 0 spiro atoms. The van der Waals surface area contributed by atoms with Crippen LogP contribution in [0.5, 0.6) is 0 Å². The zero-order valence-corrected chi connectivity index (χ0v) is 17.5. The van der Waals surface area contributed by atoms with E-state index >= 15 is 0 Å². The van der Waals surface area contributed by atoms with Gasteiger partial charge in [0.1, 0.15) is 12.0 Å². The Morgan fingerprint density at radius 2 is 2.08 bits per heavy atom. The highest BCUT2D eigenvalue weighted by molar-refractivity contribution is 14.0. The smallest absolute Gasteiger partial charge is 0.191 e. The lowest BCUT2D eigenvalue weighted by Crippen LogP contribution is -2.41. The topological polar surface area (TPSA) is 65.7 Å². The van der Waals surface area contributed by atoms with Crippen molar-refractivity contribution in [2.45, 2.75) is 27.3 Å². The highest BCUT2D eigenvalue weighted by Crippen LogP contribution is 2.14. The Balaban J connectivity index is 0.00000312. The Bertz CT molecular complexity index is 630. The molecule has 0 saturated heterocycles. The normalized spacial score (nSPS) is 10.9. The third kappa shape index (κ3) is 7.33. The van der Waals surface area contributed by atoms with Crippen molar-refractivity contribution in [1.29, 1.82) is 0 Å². The maximum absolute atomic E-state index is 4.83. The summed E-state index contributed by atoms with van der Waals surface area (Å²) in [5.41, 5.74) is 3.35. The minimum Gasteiger partial charge on any atom is -0.370 e. The van der Waals surface area contributed by atoms with E-state index in [0.29, 0.717) is 6.54 Å². The van der Waals surface area contributed by atoms with Crippen LogP contribution in [0.15, 0.2) is 46.1 Å². The molecule has 25 heavy (non-hydrogen) atoms. The Kier molecular flexibility index (Phi) is 9.98. The summed E-state index contributed by atoms with van der Waals surface area (Å²) >= 11 is 0. The lowest BCUT2D eigenvalue weighted by atomic mass is 10.2. The van der Waals surface area contributed by atoms with Crippen LogP contribution in [0.1, 0.15) is 25.1 Å². The molecule has 0 aliphatic rings. The average molecular weight is 457 g/mol. The summed E-state index contributed by atoms with van der Waals surface area (Å²) in [5, 5.41) is 10.5. The van der Waals surface area contributed by atoms with Gasteiger partial charge in [-0.2, -0.15) is 0 Å². The molecule has 1 aromatic carbocycles. The quantitative estimate of drug-likeness (QED) is 0.362. The van der Waals surface area contributed by atoms with Crippen molar-refractivity contribution in [3.05, 3.63) is 47.9 Å². The number of rotatable bonds is 8. The van der Waals surface area contributed by atoms with Crippen molar-refractivity contribution in [1.82, 2.24) is 15.8 Å². The molecular formula is C18H28IN5O.